The molecular weight excluding hydrogens is 214 g/mol. The van der Waals surface area contributed by atoms with Crippen molar-refractivity contribution < 1.29 is 4.79 Å². The zero-order valence-electron chi connectivity index (χ0n) is 10.7. The summed E-state index contributed by atoms with van der Waals surface area (Å²) in [4.78, 5) is 16.7. The Kier molecular flexibility index (Phi) is 2.99. The van der Waals surface area contributed by atoms with Crippen molar-refractivity contribution in [1.82, 2.24) is 15.1 Å². The van der Waals surface area contributed by atoms with Gasteiger partial charge in [0.2, 0.25) is 0 Å². The van der Waals surface area contributed by atoms with Crippen molar-refractivity contribution in [2.75, 3.05) is 32.7 Å². The number of nitrogens with one attached hydrogen (secondary N) is 1. The molecule has 4 heteroatoms. The number of urea groups is 1. The number of carbonyl (C=O) groups is 1. The van der Waals surface area contributed by atoms with Gasteiger partial charge in [0, 0.05) is 38.8 Å². The van der Waals surface area contributed by atoms with E-state index in [1.54, 1.807) is 0 Å². The number of likely N-dealkylation sites (tertiary alicyclic amines) is 2. The van der Waals surface area contributed by atoms with Crippen LogP contribution in [0.2, 0.25) is 0 Å². The highest BCUT2D eigenvalue weighted by Gasteiger charge is 2.44. The minimum absolute atomic E-state index is 0.298. The van der Waals surface area contributed by atoms with Crippen LogP contribution in [0.15, 0.2) is 0 Å². The van der Waals surface area contributed by atoms with Crippen molar-refractivity contribution in [3.05, 3.63) is 0 Å². The number of nitrogens with zero attached hydrogens (tertiary/aromatic N) is 2. The summed E-state index contributed by atoms with van der Waals surface area (Å²) >= 11 is 0. The van der Waals surface area contributed by atoms with Crippen LogP contribution in [0, 0.1) is 11.8 Å². The lowest BCUT2D eigenvalue weighted by atomic mass is 9.95. The maximum atomic E-state index is 12.5. The van der Waals surface area contributed by atoms with E-state index in [0.717, 1.165) is 32.7 Å². The highest BCUT2D eigenvalue weighted by Crippen LogP contribution is 2.33. The second kappa shape index (κ2) is 4.48. The van der Waals surface area contributed by atoms with Gasteiger partial charge in [0.15, 0.2) is 0 Å². The van der Waals surface area contributed by atoms with Gasteiger partial charge in [0.25, 0.3) is 0 Å². The summed E-state index contributed by atoms with van der Waals surface area (Å²) in [7, 11) is 0. The fourth-order valence-electron chi connectivity index (χ4n) is 3.69. The van der Waals surface area contributed by atoms with E-state index in [1.807, 2.05) is 0 Å². The summed E-state index contributed by atoms with van der Waals surface area (Å²) in [6.45, 7) is 7.31. The number of fused-ring (bicyclic) bond motifs is 1. The van der Waals surface area contributed by atoms with Crippen LogP contribution in [-0.2, 0) is 0 Å². The second-order valence-corrected chi connectivity index (χ2v) is 5.81. The first-order valence-electron chi connectivity index (χ1n) is 7.03. The molecule has 4 nitrogen and oxygen atoms in total. The van der Waals surface area contributed by atoms with Crippen molar-refractivity contribution in [3.63, 3.8) is 0 Å². The fourth-order valence-corrected chi connectivity index (χ4v) is 3.69. The number of hydrogen-bond donors (Lipinski definition) is 1. The van der Waals surface area contributed by atoms with E-state index in [1.165, 1.54) is 19.3 Å². The highest BCUT2D eigenvalue weighted by molar-refractivity contribution is 5.75. The lowest BCUT2D eigenvalue weighted by molar-refractivity contribution is 0.136. The molecule has 0 aliphatic carbocycles. The molecular formula is C13H23N3O. The maximum Gasteiger partial charge on any atom is 0.320 e. The van der Waals surface area contributed by atoms with E-state index in [0.29, 0.717) is 23.9 Å². The largest absolute Gasteiger partial charge is 0.325 e. The molecule has 3 atom stereocenters. The predicted molar refractivity (Wildman–Crippen MR) is 66.8 cm³/mol. The predicted octanol–water partition coefficient (Wildman–Crippen LogP) is 1.13. The Morgan fingerprint density at radius 1 is 1.18 bits per heavy atom. The number of carbonyl (C=O) groups excluding carboxylic acids is 1. The molecule has 3 unspecified atom stereocenters. The van der Waals surface area contributed by atoms with E-state index in [4.69, 9.17) is 0 Å². The molecule has 1 N–H and O–H groups in total. The number of rotatable bonds is 0. The number of amides is 2. The smallest absolute Gasteiger partial charge is 0.320 e. The molecule has 0 saturated carbocycles. The molecule has 0 spiro atoms. The zero-order valence-corrected chi connectivity index (χ0v) is 10.7. The molecule has 3 aliphatic rings. The second-order valence-electron chi connectivity index (χ2n) is 5.81. The lowest BCUT2D eigenvalue weighted by Crippen LogP contribution is -2.48. The molecule has 0 radical (unpaired) electrons. The Morgan fingerprint density at radius 2 is 1.94 bits per heavy atom. The van der Waals surface area contributed by atoms with Crippen LogP contribution in [0.25, 0.3) is 0 Å². The normalized spacial score (nSPS) is 37.4. The Morgan fingerprint density at radius 3 is 2.65 bits per heavy atom. The maximum absolute atomic E-state index is 12.5. The molecule has 17 heavy (non-hydrogen) atoms. The standard InChI is InChI=1S/C13H23N3O/c1-10-12-8-14-7-11(12)9-16(10)13(17)15-5-3-2-4-6-15/h10-12,14H,2-9H2,1H3. The van der Waals surface area contributed by atoms with Crippen molar-refractivity contribution in [2.45, 2.75) is 32.2 Å². The molecule has 3 fully saturated rings. The number of hydrogen-bond acceptors (Lipinski definition) is 2. The molecule has 3 saturated heterocycles. The van der Waals surface area contributed by atoms with Gasteiger partial charge in [-0.2, -0.15) is 0 Å². The average Bonchev–Trinajstić information content (AvgIpc) is 2.93. The van der Waals surface area contributed by atoms with Crippen LogP contribution >= 0.6 is 0 Å². The first kappa shape index (κ1) is 11.3. The first-order valence-corrected chi connectivity index (χ1v) is 7.03. The molecule has 3 aliphatic heterocycles. The molecule has 0 aromatic rings. The minimum atomic E-state index is 0.298. The van der Waals surface area contributed by atoms with Gasteiger partial charge in [-0.25, -0.2) is 4.79 Å². The molecule has 3 heterocycles. The summed E-state index contributed by atoms with van der Waals surface area (Å²) in [5.41, 5.74) is 0. The third kappa shape index (κ3) is 1.92. The van der Waals surface area contributed by atoms with Gasteiger partial charge in [0.1, 0.15) is 0 Å². The van der Waals surface area contributed by atoms with Crippen LogP contribution in [-0.4, -0.2) is 54.6 Å². The summed E-state index contributed by atoms with van der Waals surface area (Å²) in [5, 5.41) is 3.44. The molecule has 0 aromatic carbocycles. The van der Waals surface area contributed by atoms with Crippen molar-refractivity contribution in [3.8, 4) is 0 Å². The van der Waals surface area contributed by atoms with Gasteiger partial charge < -0.3 is 15.1 Å². The van der Waals surface area contributed by atoms with Crippen molar-refractivity contribution in [1.29, 1.82) is 0 Å². The average molecular weight is 237 g/mol. The van der Waals surface area contributed by atoms with Crippen LogP contribution < -0.4 is 5.32 Å². The Balaban J connectivity index is 1.66. The molecule has 0 bridgehead atoms. The SMILES string of the molecule is CC1C2CNCC2CN1C(=O)N1CCCCC1. The Labute approximate surface area is 103 Å². The Bertz CT molecular complexity index is 301. The fraction of sp³-hybridized carbons (Fsp3) is 0.923. The molecule has 2 amide bonds. The van der Waals surface area contributed by atoms with Crippen LogP contribution in [0.3, 0.4) is 0 Å². The monoisotopic (exact) mass is 237 g/mol. The minimum Gasteiger partial charge on any atom is -0.325 e. The molecule has 0 aromatic heterocycles. The van der Waals surface area contributed by atoms with Gasteiger partial charge in [0.05, 0.1) is 0 Å². The zero-order chi connectivity index (χ0) is 11.8. The molecule has 3 rings (SSSR count). The van der Waals surface area contributed by atoms with E-state index >= 15 is 0 Å². The highest BCUT2D eigenvalue weighted by atomic mass is 16.2. The summed E-state index contributed by atoms with van der Waals surface area (Å²) in [5.74, 6) is 1.38. The summed E-state index contributed by atoms with van der Waals surface area (Å²) < 4.78 is 0. The number of piperidine rings is 1. The van der Waals surface area contributed by atoms with Crippen LogP contribution in [0.4, 0.5) is 4.79 Å². The van der Waals surface area contributed by atoms with Crippen molar-refractivity contribution in [2.24, 2.45) is 11.8 Å². The quantitative estimate of drug-likeness (QED) is 0.685. The van der Waals surface area contributed by atoms with Gasteiger partial charge in [-0.1, -0.05) is 0 Å². The van der Waals surface area contributed by atoms with Crippen molar-refractivity contribution >= 4 is 6.03 Å². The van der Waals surface area contributed by atoms with Crippen LogP contribution in [0.1, 0.15) is 26.2 Å². The van der Waals surface area contributed by atoms with Gasteiger partial charge in [-0.15, -0.1) is 0 Å². The first-order chi connectivity index (χ1) is 8.27. The van der Waals surface area contributed by atoms with Gasteiger partial charge in [-0.05, 0) is 38.0 Å². The van der Waals surface area contributed by atoms with E-state index < -0.39 is 0 Å². The third-order valence-electron chi connectivity index (χ3n) is 4.81. The van der Waals surface area contributed by atoms with Crippen LogP contribution in [0.5, 0.6) is 0 Å². The van der Waals surface area contributed by atoms with E-state index in [-0.39, 0.29) is 0 Å². The van der Waals surface area contributed by atoms with E-state index in [2.05, 4.69) is 22.0 Å². The molecule has 96 valence electrons. The third-order valence-corrected chi connectivity index (χ3v) is 4.81. The Hall–Kier alpha value is -0.770. The van der Waals surface area contributed by atoms with E-state index in [9.17, 15) is 4.79 Å². The van der Waals surface area contributed by atoms with Gasteiger partial charge >= 0.3 is 6.03 Å². The topological polar surface area (TPSA) is 35.6 Å². The lowest BCUT2D eigenvalue weighted by Gasteiger charge is -2.33. The summed E-state index contributed by atoms with van der Waals surface area (Å²) in [6, 6.07) is 0.719. The van der Waals surface area contributed by atoms with Gasteiger partial charge in [-0.3, -0.25) is 0 Å². The summed E-state index contributed by atoms with van der Waals surface area (Å²) in [6.07, 6.45) is 3.65.